The van der Waals surface area contributed by atoms with Crippen molar-refractivity contribution < 1.29 is 14.3 Å². The number of carbonyl (C=O) groups is 2. The smallest absolute Gasteiger partial charge is 0.248 e. The van der Waals surface area contributed by atoms with E-state index < -0.39 is 10.9 Å². The topological polar surface area (TPSA) is 58.6 Å². The van der Waals surface area contributed by atoms with Crippen LogP contribution in [0.5, 0.6) is 5.75 Å². The third-order valence-corrected chi connectivity index (χ3v) is 7.57. The van der Waals surface area contributed by atoms with E-state index in [1.165, 1.54) is 0 Å². The van der Waals surface area contributed by atoms with E-state index in [0.717, 1.165) is 17.5 Å². The molecule has 5 nitrogen and oxygen atoms in total. The molecule has 2 aliphatic rings. The Morgan fingerprint density at radius 2 is 1.93 bits per heavy atom. The average Bonchev–Trinajstić information content (AvgIpc) is 3.27. The molecule has 1 N–H and O–H groups in total. The Morgan fingerprint density at radius 1 is 1.20 bits per heavy atom. The number of benzene rings is 2. The summed E-state index contributed by atoms with van der Waals surface area (Å²) in [6.45, 7) is 6.39. The van der Waals surface area contributed by atoms with Crippen LogP contribution >= 0.6 is 11.8 Å². The fraction of sp³-hybridized carbons (Fsp3) is 0.417. The van der Waals surface area contributed by atoms with Crippen LogP contribution in [0, 0.1) is 0 Å². The predicted molar refractivity (Wildman–Crippen MR) is 121 cm³/mol. The van der Waals surface area contributed by atoms with Gasteiger partial charge in [0, 0.05) is 12.2 Å². The molecule has 6 heteroatoms. The fourth-order valence-corrected chi connectivity index (χ4v) is 5.98. The number of hydrogen-bond acceptors (Lipinski definition) is 4. The Labute approximate surface area is 182 Å². The highest BCUT2D eigenvalue weighted by molar-refractivity contribution is 8.00. The van der Waals surface area contributed by atoms with E-state index in [1.54, 1.807) is 18.9 Å². The van der Waals surface area contributed by atoms with Crippen LogP contribution in [0.25, 0.3) is 0 Å². The predicted octanol–water partition coefficient (Wildman–Crippen LogP) is 4.52. The first-order valence-corrected chi connectivity index (χ1v) is 11.3. The second kappa shape index (κ2) is 7.65. The van der Waals surface area contributed by atoms with E-state index in [0.29, 0.717) is 23.6 Å². The molecule has 2 aromatic rings. The summed E-state index contributed by atoms with van der Waals surface area (Å²) in [5, 5.41) is 3.05. The van der Waals surface area contributed by atoms with Crippen LogP contribution in [0.2, 0.25) is 0 Å². The molecule has 2 amide bonds. The number of anilines is 1. The first-order valence-electron chi connectivity index (χ1n) is 10.3. The van der Waals surface area contributed by atoms with Crippen molar-refractivity contribution in [2.75, 3.05) is 18.2 Å². The lowest BCUT2D eigenvalue weighted by Crippen LogP contribution is -2.48. The summed E-state index contributed by atoms with van der Waals surface area (Å²) >= 11 is 1.69. The summed E-state index contributed by atoms with van der Waals surface area (Å²) in [4.78, 5) is 27.5. The van der Waals surface area contributed by atoms with Crippen LogP contribution in [-0.2, 0) is 19.9 Å². The SMILES string of the molecule is COc1ccc(C(C)(C)C)cc1NC(=O)[C@H]1CS[C@]2(c3ccccc3)CCC(=O)N12. The van der Waals surface area contributed by atoms with Gasteiger partial charge in [0.25, 0.3) is 0 Å². The Hall–Kier alpha value is -2.47. The van der Waals surface area contributed by atoms with Crippen LogP contribution in [0.1, 0.15) is 44.7 Å². The second-order valence-corrected chi connectivity index (χ2v) is 10.2. The first-order chi connectivity index (χ1) is 14.3. The Kier molecular flexibility index (Phi) is 5.30. The van der Waals surface area contributed by atoms with Gasteiger partial charge in [0.15, 0.2) is 0 Å². The molecule has 30 heavy (non-hydrogen) atoms. The molecule has 0 aromatic heterocycles. The number of ether oxygens (including phenoxy) is 1. The number of nitrogens with zero attached hydrogens (tertiary/aromatic N) is 1. The van der Waals surface area contributed by atoms with Crippen molar-refractivity contribution in [1.82, 2.24) is 4.90 Å². The molecular formula is C24H28N2O3S. The molecule has 0 spiro atoms. The van der Waals surface area contributed by atoms with Gasteiger partial charge >= 0.3 is 0 Å². The lowest BCUT2D eigenvalue weighted by molar-refractivity contribution is -0.136. The molecule has 2 fully saturated rings. The highest BCUT2D eigenvalue weighted by Crippen LogP contribution is 2.54. The summed E-state index contributed by atoms with van der Waals surface area (Å²) in [6, 6.07) is 15.4. The van der Waals surface area contributed by atoms with Gasteiger partial charge in [0.05, 0.1) is 12.8 Å². The lowest BCUT2D eigenvalue weighted by Gasteiger charge is -2.34. The van der Waals surface area contributed by atoms with E-state index in [2.05, 4.69) is 38.2 Å². The van der Waals surface area contributed by atoms with Gasteiger partial charge in [0.2, 0.25) is 11.8 Å². The molecular weight excluding hydrogens is 396 g/mol. The van der Waals surface area contributed by atoms with Crippen LogP contribution < -0.4 is 10.1 Å². The molecule has 2 aromatic carbocycles. The van der Waals surface area contributed by atoms with Gasteiger partial charge in [-0.05, 0) is 35.1 Å². The van der Waals surface area contributed by atoms with Gasteiger partial charge in [-0.15, -0.1) is 11.8 Å². The first kappa shape index (κ1) is 20.8. The maximum Gasteiger partial charge on any atom is 0.248 e. The second-order valence-electron chi connectivity index (χ2n) is 8.90. The number of amides is 2. The number of carbonyl (C=O) groups excluding carboxylic acids is 2. The summed E-state index contributed by atoms with van der Waals surface area (Å²) in [6.07, 6.45) is 1.20. The summed E-state index contributed by atoms with van der Waals surface area (Å²) in [7, 11) is 1.59. The third-order valence-electron chi connectivity index (χ3n) is 5.98. The van der Waals surface area contributed by atoms with Crippen molar-refractivity contribution in [3.8, 4) is 5.75 Å². The van der Waals surface area contributed by atoms with Crippen LogP contribution in [0.15, 0.2) is 48.5 Å². The molecule has 0 bridgehead atoms. The van der Waals surface area contributed by atoms with E-state index >= 15 is 0 Å². The summed E-state index contributed by atoms with van der Waals surface area (Å²) in [5.74, 6) is 1.07. The molecule has 4 rings (SSSR count). The Bertz CT molecular complexity index is 970. The number of thioether (sulfide) groups is 1. The van der Waals surface area contributed by atoms with Crippen molar-refractivity contribution in [1.29, 1.82) is 0 Å². The van der Waals surface area contributed by atoms with Gasteiger partial charge < -0.3 is 15.0 Å². The highest BCUT2D eigenvalue weighted by atomic mass is 32.2. The van der Waals surface area contributed by atoms with Crippen LogP contribution in [0.3, 0.4) is 0 Å². The van der Waals surface area contributed by atoms with Crippen molar-refractivity contribution in [3.63, 3.8) is 0 Å². The van der Waals surface area contributed by atoms with Crippen molar-refractivity contribution in [2.24, 2.45) is 0 Å². The molecule has 158 valence electrons. The quantitative estimate of drug-likeness (QED) is 0.784. The maximum absolute atomic E-state index is 13.3. The third kappa shape index (κ3) is 3.47. The van der Waals surface area contributed by atoms with E-state index in [-0.39, 0.29) is 17.2 Å². The van der Waals surface area contributed by atoms with E-state index in [9.17, 15) is 9.59 Å². The molecule has 0 unspecified atom stereocenters. The van der Waals surface area contributed by atoms with Gasteiger partial charge in [-0.2, -0.15) is 0 Å². The molecule has 2 heterocycles. The number of methoxy groups -OCH3 is 1. The molecule has 2 saturated heterocycles. The number of rotatable bonds is 4. The highest BCUT2D eigenvalue weighted by Gasteiger charge is 2.56. The lowest BCUT2D eigenvalue weighted by atomic mass is 9.87. The number of nitrogens with one attached hydrogen (secondary N) is 1. The van der Waals surface area contributed by atoms with Gasteiger partial charge in [-0.1, -0.05) is 57.2 Å². The minimum atomic E-state index is -0.506. The van der Waals surface area contributed by atoms with Gasteiger partial charge in [0.1, 0.15) is 16.7 Å². The zero-order valence-corrected chi connectivity index (χ0v) is 18.7. The molecule has 2 atom stereocenters. The maximum atomic E-state index is 13.3. The summed E-state index contributed by atoms with van der Waals surface area (Å²) in [5.41, 5.74) is 2.78. The number of hydrogen-bond donors (Lipinski definition) is 1. The average molecular weight is 425 g/mol. The zero-order chi connectivity index (χ0) is 21.5. The standard InChI is InChI=1S/C24H28N2O3S/c1-23(2,3)17-10-11-20(29-4)18(14-17)25-22(28)19-15-30-24(13-12-21(27)26(19)24)16-8-6-5-7-9-16/h5-11,14,19H,12-13,15H2,1-4H3,(H,25,28)/t19-,24+/m1/s1. The van der Waals surface area contributed by atoms with Crippen molar-refractivity contribution in [2.45, 2.75) is 49.9 Å². The number of fused-ring (bicyclic) bond motifs is 1. The Morgan fingerprint density at radius 3 is 2.60 bits per heavy atom. The molecule has 0 aliphatic carbocycles. The molecule has 0 radical (unpaired) electrons. The molecule has 2 aliphatic heterocycles. The minimum absolute atomic E-state index is 0.0411. The minimum Gasteiger partial charge on any atom is -0.495 e. The van der Waals surface area contributed by atoms with Crippen LogP contribution in [0.4, 0.5) is 5.69 Å². The van der Waals surface area contributed by atoms with Gasteiger partial charge in [-0.25, -0.2) is 0 Å². The Balaban J connectivity index is 1.63. The van der Waals surface area contributed by atoms with Crippen LogP contribution in [-0.4, -0.2) is 35.6 Å². The van der Waals surface area contributed by atoms with E-state index in [1.807, 2.05) is 41.3 Å². The van der Waals surface area contributed by atoms with E-state index in [4.69, 9.17) is 4.74 Å². The molecule has 0 saturated carbocycles. The van der Waals surface area contributed by atoms with Crippen molar-refractivity contribution >= 4 is 29.3 Å². The largest absolute Gasteiger partial charge is 0.495 e. The summed E-state index contributed by atoms with van der Waals surface area (Å²) < 4.78 is 5.47. The normalized spacial score (nSPS) is 23.4. The monoisotopic (exact) mass is 424 g/mol. The van der Waals surface area contributed by atoms with Crippen molar-refractivity contribution in [3.05, 3.63) is 59.7 Å². The van der Waals surface area contributed by atoms with Gasteiger partial charge in [-0.3, -0.25) is 9.59 Å². The fourth-order valence-electron chi connectivity index (χ4n) is 4.32. The zero-order valence-electron chi connectivity index (χ0n) is 17.9.